The third-order valence-electron chi connectivity index (χ3n) is 3.75. The molecule has 106 valence electrons. The van der Waals surface area contributed by atoms with Crippen LogP contribution in [-0.2, 0) is 4.79 Å². The largest absolute Gasteiger partial charge is 0.355 e. The predicted octanol–water partition coefficient (Wildman–Crippen LogP) is 1.22. The number of rotatable bonds is 7. The number of hydrogen-bond donors (Lipinski definition) is 2. The molecule has 1 aliphatic rings. The highest BCUT2D eigenvalue weighted by Gasteiger charge is 2.23. The molecule has 0 aromatic rings. The van der Waals surface area contributed by atoms with Crippen molar-refractivity contribution in [3.8, 4) is 0 Å². The molecule has 2 N–H and O–H groups in total. The number of carbonyl (C=O) groups is 1. The number of piperidine rings is 1. The molecular weight excluding hydrogens is 226 g/mol. The van der Waals surface area contributed by atoms with Crippen LogP contribution in [0.15, 0.2) is 0 Å². The Balaban J connectivity index is 2.16. The molecule has 0 saturated carbocycles. The molecule has 1 amide bonds. The van der Waals surface area contributed by atoms with Gasteiger partial charge in [0.05, 0.1) is 5.92 Å². The highest BCUT2D eigenvalue weighted by Crippen LogP contribution is 2.13. The van der Waals surface area contributed by atoms with Crippen molar-refractivity contribution in [3.05, 3.63) is 0 Å². The first-order valence-electron chi connectivity index (χ1n) is 7.40. The highest BCUT2D eigenvalue weighted by atomic mass is 16.1. The van der Waals surface area contributed by atoms with Gasteiger partial charge < -0.3 is 15.5 Å². The average Bonchev–Trinajstić information content (AvgIpc) is 2.38. The fourth-order valence-corrected chi connectivity index (χ4v) is 2.45. The van der Waals surface area contributed by atoms with Gasteiger partial charge in [0.2, 0.25) is 5.91 Å². The molecule has 0 bridgehead atoms. The van der Waals surface area contributed by atoms with Crippen LogP contribution in [0.1, 0.15) is 40.0 Å². The number of nitrogens with zero attached hydrogens (tertiary/aromatic N) is 1. The molecule has 0 radical (unpaired) electrons. The van der Waals surface area contributed by atoms with Gasteiger partial charge in [-0.15, -0.1) is 0 Å². The lowest BCUT2D eigenvalue weighted by molar-refractivity contribution is -0.125. The molecule has 4 nitrogen and oxygen atoms in total. The summed E-state index contributed by atoms with van der Waals surface area (Å²) in [5.41, 5.74) is 0. The van der Waals surface area contributed by atoms with Crippen LogP contribution in [0.4, 0.5) is 0 Å². The minimum atomic E-state index is 0.169. The van der Waals surface area contributed by atoms with Crippen molar-refractivity contribution in [2.45, 2.75) is 46.1 Å². The van der Waals surface area contributed by atoms with Crippen molar-refractivity contribution < 1.29 is 4.79 Å². The molecule has 0 aliphatic carbocycles. The third kappa shape index (κ3) is 5.36. The lowest BCUT2D eigenvalue weighted by atomic mass is 9.95. The Bertz CT molecular complexity index is 237. The van der Waals surface area contributed by atoms with E-state index in [0.29, 0.717) is 6.04 Å². The Morgan fingerprint density at radius 2 is 2.11 bits per heavy atom. The molecule has 1 aliphatic heterocycles. The summed E-state index contributed by atoms with van der Waals surface area (Å²) in [5.74, 6) is 0.393. The molecule has 4 heteroatoms. The van der Waals surface area contributed by atoms with Gasteiger partial charge in [-0.2, -0.15) is 0 Å². The first kappa shape index (κ1) is 15.4. The number of amides is 1. The molecule has 1 rings (SSSR count). The van der Waals surface area contributed by atoms with Crippen molar-refractivity contribution in [3.63, 3.8) is 0 Å². The van der Waals surface area contributed by atoms with E-state index in [4.69, 9.17) is 0 Å². The molecule has 0 aromatic carbocycles. The molecule has 1 fully saturated rings. The maximum absolute atomic E-state index is 12.0. The van der Waals surface area contributed by atoms with Gasteiger partial charge in [-0.25, -0.2) is 0 Å². The van der Waals surface area contributed by atoms with Crippen LogP contribution in [0, 0.1) is 5.92 Å². The summed E-state index contributed by atoms with van der Waals surface area (Å²) in [6, 6.07) is 0.564. The van der Waals surface area contributed by atoms with E-state index in [1.54, 1.807) is 0 Å². The van der Waals surface area contributed by atoms with Crippen LogP contribution in [0.5, 0.6) is 0 Å². The smallest absolute Gasteiger partial charge is 0.224 e. The molecule has 1 saturated heterocycles. The lowest BCUT2D eigenvalue weighted by Gasteiger charge is -2.27. The third-order valence-corrected chi connectivity index (χ3v) is 3.75. The summed E-state index contributed by atoms with van der Waals surface area (Å²) in [4.78, 5) is 14.3. The van der Waals surface area contributed by atoms with Gasteiger partial charge in [-0.05, 0) is 39.3 Å². The summed E-state index contributed by atoms with van der Waals surface area (Å²) in [5, 5.41) is 6.44. The standard InChI is InChI=1S/C14H29N3O/c1-4-9-17(5-2)10-8-15-14(18)13-7-6-12(3)16-11-13/h12-13,16H,4-11H2,1-3H3,(H,15,18). The van der Waals surface area contributed by atoms with E-state index in [9.17, 15) is 4.79 Å². The van der Waals surface area contributed by atoms with Gasteiger partial charge >= 0.3 is 0 Å². The van der Waals surface area contributed by atoms with Crippen LogP contribution < -0.4 is 10.6 Å². The van der Waals surface area contributed by atoms with Crippen LogP contribution in [0.2, 0.25) is 0 Å². The second kappa shape index (κ2) is 8.48. The molecule has 0 spiro atoms. The van der Waals surface area contributed by atoms with E-state index in [-0.39, 0.29) is 11.8 Å². The van der Waals surface area contributed by atoms with Gasteiger partial charge in [-0.1, -0.05) is 13.8 Å². The number of likely N-dealkylation sites (N-methyl/N-ethyl adjacent to an activating group) is 1. The molecule has 1 heterocycles. The Hall–Kier alpha value is -0.610. The normalized spacial score (nSPS) is 24.2. The predicted molar refractivity (Wildman–Crippen MR) is 75.6 cm³/mol. The first-order chi connectivity index (χ1) is 8.67. The zero-order valence-electron chi connectivity index (χ0n) is 12.2. The molecule has 2 atom stereocenters. The summed E-state index contributed by atoms with van der Waals surface area (Å²) < 4.78 is 0. The Kier molecular flexibility index (Phi) is 7.28. The zero-order chi connectivity index (χ0) is 13.4. The van der Waals surface area contributed by atoms with E-state index in [1.807, 2.05) is 0 Å². The summed E-state index contributed by atoms with van der Waals surface area (Å²) >= 11 is 0. The fourth-order valence-electron chi connectivity index (χ4n) is 2.45. The fraction of sp³-hybridized carbons (Fsp3) is 0.929. The minimum absolute atomic E-state index is 0.169. The molecular formula is C14H29N3O. The second-order valence-electron chi connectivity index (χ2n) is 5.31. The highest BCUT2D eigenvalue weighted by molar-refractivity contribution is 5.78. The maximum Gasteiger partial charge on any atom is 0.224 e. The quantitative estimate of drug-likeness (QED) is 0.719. The second-order valence-corrected chi connectivity index (χ2v) is 5.31. The van der Waals surface area contributed by atoms with E-state index in [0.717, 1.165) is 45.6 Å². The van der Waals surface area contributed by atoms with Crippen LogP contribution in [0.3, 0.4) is 0 Å². The van der Waals surface area contributed by atoms with Crippen LogP contribution in [0.25, 0.3) is 0 Å². The summed E-state index contributed by atoms with van der Waals surface area (Å²) in [6.45, 7) is 11.3. The van der Waals surface area contributed by atoms with E-state index >= 15 is 0 Å². The summed E-state index contributed by atoms with van der Waals surface area (Å²) in [7, 11) is 0. The van der Waals surface area contributed by atoms with Crippen molar-refractivity contribution in [2.24, 2.45) is 5.92 Å². The number of hydrogen-bond acceptors (Lipinski definition) is 3. The van der Waals surface area contributed by atoms with Gasteiger partial charge in [-0.3, -0.25) is 4.79 Å². The Labute approximate surface area is 111 Å². The first-order valence-corrected chi connectivity index (χ1v) is 7.40. The monoisotopic (exact) mass is 255 g/mol. The van der Waals surface area contributed by atoms with Crippen molar-refractivity contribution >= 4 is 5.91 Å². The van der Waals surface area contributed by atoms with Gasteiger partial charge in [0, 0.05) is 25.7 Å². The number of nitrogens with one attached hydrogen (secondary N) is 2. The van der Waals surface area contributed by atoms with E-state index in [2.05, 4.69) is 36.3 Å². The number of carbonyl (C=O) groups excluding carboxylic acids is 1. The van der Waals surface area contributed by atoms with Gasteiger partial charge in [0.25, 0.3) is 0 Å². The van der Waals surface area contributed by atoms with Crippen LogP contribution in [-0.4, -0.2) is 49.6 Å². The van der Waals surface area contributed by atoms with Crippen molar-refractivity contribution in [1.29, 1.82) is 0 Å². The van der Waals surface area contributed by atoms with Crippen molar-refractivity contribution in [1.82, 2.24) is 15.5 Å². The molecule has 0 aromatic heterocycles. The van der Waals surface area contributed by atoms with E-state index < -0.39 is 0 Å². The minimum Gasteiger partial charge on any atom is -0.355 e. The van der Waals surface area contributed by atoms with Crippen molar-refractivity contribution in [2.75, 3.05) is 32.7 Å². The van der Waals surface area contributed by atoms with Crippen LogP contribution >= 0.6 is 0 Å². The van der Waals surface area contributed by atoms with Gasteiger partial charge in [0.1, 0.15) is 0 Å². The average molecular weight is 255 g/mol. The molecule has 2 unspecified atom stereocenters. The lowest BCUT2D eigenvalue weighted by Crippen LogP contribution is -2.45. The maximum atomic E-state index is 12.0. The summed E-state index contributed by atoms with van der Waals surface area (Å²) in [6.07, 6.45) is 3.30. The van der Waals surface area contributed by atoms with E-state index in [1.165, 1.54) is 6.42 Å². The Morgan fingerprint density at radius 1 is 1.33 bits per heavy atom. The Morgan fingerprint density at radius 3 is 2.67 bits per heavy atom. The van der Waals surface area contributed by atoms with Gasteiger partial charge in [0.15, 0.2) is 0 Å². The SMILES string of the molecule is CCCN(CC)CCNC(=O)C1CCC(C)NC1. The molecule has 18 heavy (non-hydrogen) atoms. The topological polar surface area (TPSA) is 44.4 Å². The zero-order valence-corrected chi connectivity index (χ0v) is 12.2.